The standard InChI is InChI=1S/C14H17ClN2OS/c1-17(6-7-18)9-13-10-19-14(16-13)8-11-2-4-12(15)5-3-11/h2-5,10,18H,6-9H2,1H3. The highest BCUT2D eigenvalue weighted by Gasteiger charge is 2.06. The summed E-state index contributed by atoms with van der Waals surface area (Å²) in [6.45, 7) is 1.62. The molecule has 0 amide bonds. The molecule has 3 nitrogen and oxygen atoms in total. The van der Waals surface area contributed by atoms with Crippen LogP contribution in [0.1, 0.15) is 16.3 Å². The second-order valence-corrected chi connectivity index (χ2v) is 5.88. The van der Waals surface area contributed by atoms with Crippen LogP contribution in [0.4, 0.5) is 0 Å². The largest absolute Gasteiger partial charge is 0.395 e. The predicted molar refractivity (Wildman–Crippen MR) is 79.8 cm³/mol. The third-order valence-corrected chi connectivity index (χ3v) is 3.93. The quantitative estimate of drug-likeness (QED) is 0.890. The van der Waals surface area contributed by atoms with Gasteiger partial charge in [0.25, 0.3) is 0 Å². The van der Waals surface area contributed by atoms with E-state index in [1.165, 1.54) is 5.56 Å². The summed E-state index contributed by atoms with van der Waals surface area (Å²) in [5.41, 5.74) is 2.28. The Morgan fingerprint density at radius 3 is 2.74 bits per heavy atom. The Kier molecular flexibility index (Phi) is 5.34. The number of aliphatic hydroxyl groups is 1. The summed E-state index contributed by atoms with van der Waals surface area (Å²) in [4.78, 5) is 6.67. The van der Waals surface area contributed by atoms with E-state index in [1.54, 1.807) is 11.3 Å². The van der Waals surface area contributed by atoms with Crippen molar-refractivity contribution < 1.29 is 5.11 Å². The van der Waals surface area contributed by atoms with Crippen LogP contribution in [0.15, 0.2) is 29.6 Å². The Balaban J connectivity index is 1.95. The van der Waals surface area contributed by atoms with Crippen LogP contribution >= 0.6 is 22.9 Å². The van der Waals surface area contributed by atoms with Crippen molar-refractivity contribution in [1.29, 1.82) is 0 Å². The molecule has 102 valence electrons. The van der Waals surface area contributed by atoms with Crippen molar-refractivity contribution in [3.05, 3.63) is 50.9 Å². The molecule has 5 heteroatoms. The number of halogens is 1. The number of benzene rings is 1. The zero-order chi connectivity index (χ0) is 13.7. The van der Waals surface area contributed by atoms with Crippen LogP contribution in [0.2, 0.25) is 5.02 Å². The van der Waals surface area contributed by atoms with Crippen LogP contribution in [-0.2, 0) is 13.0 Å². The topological polar surface area (TPSA) is 36.4 Å². The lowest BCUT2D eigenvalue weighted by Gasteiger charge is -2.12. The first-order valence-electron chi connectivity index (χ1n) is 6.14. The lowest BCUT2D eigenvalue weighted by Crippen LogP contribution is -2.21. The molecule has 0 bridgehead atoms. The Morgan fingerprint density at radius 2 is 2.05 bits per heavy atom. The molecular formula is C14H17ClN2OS. The number of nitrogens with zero attached hydrogens (tertiary/aromatic N) is 2. The van der Waals surface area contributed by atoms with E-state index in [1.807, 2.05) is 31.3 Å². The normalized spacial score (nSPS) is 11.2. The molecule has 0 spiro atoms. The van der Waals surface area contributed by atoms with Crippen LogP contribution in [0.3, 0.4) is 0 Å². The first kappa shape index (κ1) is 14.5. The minimum absolute atomic E-state index is 0.179. The third kappa shape index (κ3) is 4.58. The molecule has 0 aliphatic heterocycles. The maximum atomic E-state index is 8.87. The van der Waals surface area contributed by atoms with Gasteiger partial charge in [0.15, 0.2) is 0 Å². The Hall–Kier alpha value is -0.940. The Morgan fingerprint density at radius 1 is 1.32 bits per heavy atom. The molecule has 0 atom stereocenters. The summed E-state index contributed by atoms with van der Waals surface area (Å²) in [7, 11) is 1.98. The fraction of sp³-hybridized carbons (Fsp3) is 0.357. The van der Waals surface area contributed by atoms with E-state index in [2.05, 4.69) is 15.3 Å². The number of likely N-dealkylation sites (N-methyl/N-ethyl adjacent to an activating group) is 1. The lowest BCUT2D eigenvalue weighted by atomic mass is 10.2. The Labute approximate surface area is 122 Å². The van der Waals surface area contributed by atoms with E-state index in [0.717, 1.165) is 28.7 Å². The third-order valence-electron chi connectivity index (χ3n) is 2.78. The summed E-state index contributed by atoms with van der Waals surface area (Å²) < 4.78 is 0. The van der Waals surface area contributed by atoms with Gasteiger partial charge in [-0.1, -0.05) is 23.7 Å². The number of hydrogen-bond donors (Lipinski definition) is 1. The van der Waals surface area contributed by atoms with Gasteiger partial charge in [0.1, 0.15) is 0 Å². The van der Waals surface area contributed by atoms with Crippen molar-refractivity contribution in [2.24, 2.45) is 0 Å². The maximum absolute atomic E-state index is 8.87. The molecule has 0 aliphatic carbocycles. The van der Waals surface area contributed by atoms with Crippen LogP contribution in [0.5, 0.6) is 0 Å². The number of rotatable bonds is 6. The van der Waals surface area contributed by atoms with Crippen molar-refractivity contribution in [1.82, 2.24) is 9.88 Å². The van der Waals surface area contributed by atoms with E-state index in [-0.39, 0.29) is 6.61 Å². The molecule has 0 radical (unpaired) electrons. The highest BCUT2D eigenvalue weighted by atomic mass is 35.5. The van der Waals surface area contributed by atoms with Crippen molar-refractivity contribution in [2.75, 3.05) is 20.2 Å². The van der Waals surface area contributed by atoms with Crippen molar-refractivity contribution in [3.8, 4) is 0 Å². The predicted octanol–water partition coefficient (Wildman–Crippen LogP) is 2.81. The monoisotopic (exact) mass is 296 g/mol. The zero-order valence-corrected chi connectivity index (χ0v) is 12.4. The average molecular weight is 297 g/mol. The molecule has 0 saturated heterocycles. The summed E-state index contributed by atoms with van der Waals surface area (Å²) in [6.07, 6.45) is 0.839. The van der Waals surface area contributed by atoms with E-state index in [4.69, 9.17) is 16.7 Å². The second kappa shape index (κ2) is 7.01. The number of aromatic nitrogens is 1. The van der Waals surface area contributed by atoms with Gasteiger partial charge in [0.2, 0.25) is 0 Å². The van der Waals surface area contributed by atoms with Crippen molar-refractivity contribution in [2.45, 2.75) is 13.0 Å². The van der Waals surface area contributed by atoms with Gasteiger partial charge in [-0.05, 0) is 24.7 Å². The fourth-order valence-electron chi connectivity index (χ4n) is 1.81. The smallest absolute Gasteiger partial charge is 0.0972 e. The first-order valence-corrected chi connectivity index (χ1v) is 7.40. The minimum Gasteiger partial charge on any atom is -0.395 e. The van der Waals surface area contributed by atoms with E-state index < -0.39 is 0 Å². The van der Waals surface area contributed by atoms with Crippen LogP contribution in [0, 0.1) is 0 Å². The molecule has 2 aromatic rings. The molecule has 1 heterocycles. The van der Waals surface area contributed by atoms with E-state index >= 15 is 0 Å². The summed E-state index contributed by atoms with van der Waals surface area (Å²) in [6, 6.07) is 7.86. The molecule has 1 aromatic carbocycles. The van der Waals surface area contributed by atoms with Crippen LogP contribution in [0.25, 0.3) is 0 Å². The van der Waals surface area contributed by atoms with Gasteiger partial charge < -0.3 is 5.11 Å². The molecular weight excluding hydrogens is 280 g/mol. The van der Waals surface area contributed by atoms with Gasteiger partial charge in [-0.15, -0.1) is 11.3 Å². The maximum Gasteiger partial charge on any atom is 0.0972 e. The van der Waals surface area contributed by atoms with Gasteiger partial charge in [-0.2, -0.15) is 0 Å². The number of aliphatic hydroxyl groups excluding tert-OH is 1. The molecule has 0 aliphatic rings. The minimum atomic E-state index is 0.179. The van der Waals surface area contributed by atoms with Gasteiger partial charge in [0.05, 0.1) is 17.3 Å². The molecule has 0 fully saturated rings. The van der Waals surface area contributed by atoms with Gasteiger partial charge in [-0.25, -0.2) is 4.98 Å². The summed E-state index contributed by atoms with van der Waals surface area (Å²) >= 11 is 7.54. The van der Waals surface area contributed by atoms with Crippen LogP contribution < -0.4 is 0 Å². The molecule has 0 unspecified atom stereocenters. The summed E-state index contributed by atoms with van der Waals surface area (Å²) in [5.74, 6) is 0. The molecule has 0 saturated carbocycles. The molecule has 19 heavy (non-hydrogen) atoms. The lowest BCUT2D eigenvalue weighted by molar-refractivity contribution is 0.216. The molecule has 2 rings (SSSR count). The highest BCUT2D eigenvalue weighted by molar-refractivity contribution is 7.09. The summed E-state index contributed by atoms with van der Waals surface area (Å²) in [5, 5.41) is 12.8. The van der Waals surface area contributed by atoms with Crippen molar-refractivity contribution >= 4 is 22.9 Å². The second-order valence-electron chi connectivity index (χ2n) is 4.50. The Bertz CT molecular complexity index is 512. The van der Waals surface area contributed by atoms with Gasteiger partial charge in [0, 0.05) is 29.9 Å². The van der Waals surface area contributed by atoms with Crippen LogP contribution in [-0.4, -0.2) is 35.2 Å². The van der Waals surface area contributed by atoms with Crippen molar-refractivity contribution in [3.63, 3.8) is 0 Å². The SMILES string of the molecule is CN(CCO)Cc1csc(Cc2ccc(Cl)cc2)n1. The zero-order valence-electron chi connectivity index (χ0n) is 10.8. The van der Waals surface area contributed by atoms with Gasteiger partial charge >= 0.3 is 0 Å². The first-order chi connectivity index (χ1) is 9.17. The number of hydrogen-bond acceptors (Lipinski definition) is 4. The number of thiazole rings is 1. The molecule has 1 aromatic heterocycles. The van der Waals surface area contributed by atoms with Gasteiger partial charge in [-0.3, -0.25) is 4.90 Å². The van der Waals surface area contributed by atoms with E-state index in [9.17, 15) is 0 Å². The fourth-order valence-corrected chi connectivity index (χ4v) is 2.75. The van der Waals surface area contributed by atoms with E-state index in [0.29, 0.717) is 6.54 Å². The molecule has 1 N–H and O–H groups in total. The highest BCUT2D eigenvalue weighted by Crippen LogP contribution is 2.17. The average Bonchev–Trinajstić information content (AvgIpc) is 2.80.